The van der Waals surface area contributed by atoms with Gasteiger partial charge in [0.25, 0.3) is 5.91 Å². The highest BCUT2D eigenvalue weighted by molar-refractivity contribution is 9.10. The summed E-state index contributed by atoms with van der Waals surface area (Å²) in [5, 5.41) is 2.48. The number of thiocarbonyl (C=S) groups is 1. The molecule has 6 nitrogen and oxygen atoms in total. The first-order valence-electron chi connectivity index (χ1n) is 7.77. The minimum atomic E-state index is -0.445. The van der Waals surface area contributed by atoms with E-state index in [4.69, 9.17) is 17.0 Å². The molecule has 0 spiro atoms. The number of benzene rings is 2. The van der Waals surface area contributed by atoms with Gasteiger partial charge >= 0.3 is 0 Å². The summed E-state index contributed by atoms with van der Waals surface area (Å²) in [6.07, 6.45) is 0.912. The molecule has 0 saturated carbocycles. The van der Waals surface area contributed by atoms with Crippen LogP contribution >= 0.6 is 28.1 Å². The monoisotopic (exact) mass is 435 g/mol. The van der Waals surface area contributed by atoms with Crippen molar-refractivity contribution in [2.24, 2.45) is 0 Å². The van der Waals surface area contributed by atoms with E-state index in [9.17, 15) is 9.59 Å². The third-order valence-electron chi connectivity index (χ3n) is 3.43. The average Bonchev–Trinajstić information content (AvgIpc) is 2.65. The van der Waals surface area contributed by atoms with Crippen molar-refractivity contribution in [2.45, 2.75) is 12.8 Å². The summed E-state index contributed by atoms with van der Waals surface area (Å²) < 4.78 is 5.89. The van der Waals surface area contributed by atoms with E-state index < -0.39 is 5.91 Å². The normalized spacial score (nSPS) is 9.92. The Morgan fingerprint density at radius 1 is 1.12 bits per heavy atom. The van der Waals surface area contributed by atoms with Crippen LogP contribution in [0.5, 0.6) is 5.75 Å². The van der Waals surface area contributed by atoms with Crippen molar-refractivity contribution in [3.63, 3.8) is 0 Å². The summed E-state index contributed by atoms with van der Waals surface area (Å²) in [6.45, 7) is 0. The number of amides is 2. The standard InChI is InChI=1S/C18H18BrN3O3S/c1-25-15-9-8-13(19)11-14(15)17(24)20-18(26)22-21-16(23)10-7-12-5-3-2-4-6-12/h2-6,8-9,11H,7,10H2,1H3,(H,21,23)(H2,20,22,24,26). The number of carbonyl (C=O) groups is 2. The van der Waals surface area contributed by atoms with E-state index >= 15 is 0 Å². The highest BCUT2D eigenvalue weighted by Gasteiger charge is 2.14. The summed E-state index contributed by atoms with van der Waals surface area (Å²) in [7, 11) is 1.48. The molecule has 2 aromatic rings. The first-order valence-corrected chi connectivity index (χ1v) is 8.97. The van der Waals surface area contributed by atoms with Crippen molar-refractivity contribution in [1.82, 2.24) is 16.2 Å². The van der Waals surface area contributed by atoms with Gasteiger partial charge in [-0.15, -0.1) is 0 Å². The van der Waals surface area contributed by atoms with Crippen LogP contribution in [-0.4, -0.2) is 24.0 Å². The van der Waals surface area contributed by atoms with Crippen LogP contribution in [0.15, 0.2) is 53.0 Å². The Labute approximate surface area is 165 Å². The Morgan fingerprint density at radius 2 is 1.85 bits per heavy atom. The zero-order valence-corrected chi connectivity index (χ0v) is 16.4. The first kappa shape index (κ1) is 19.9. The van der Waals surface area contributed by atoms with Crippen molar-refractivity contribution >= 4 is 45.1 Å². The lowest BCUT2D eigenvalue weighted by molar-refractivity contribution is -0.121. The fraction of sp³-hybridized carbons (Fsp3) is 0.167. The molecule has 2 amide bonds. The molecule has 0 aliphatic heterocycles. The van der Waals surface area contributed by atoms with Crippen LogP contribution in [0.4, 0.5) is 0 Å². The molecule has 2 rings (SSSR count). The number of ether oxygens (including phenoxy) is 1. The topological polar surface area (TPSA) is 79.5 Å². The molecular formula is C18H18BrN3O3S. The molecule has 8 heteroatoms. The number of methoxy groups -OCH3 is 1. The van der Waals surface area contributed by atoms with Gasteiger partial charge in [0.2, 0.25) is 5.91 Å². The Hall–Kier alpha value is -2.45. The van der Waals surface area contributed by atoms with Crippen LogP contribution in [0.1, 0.15) is 22.3 Å². The highest BCUT2D eigenvalue weighted by Crippen LogP contribution is 2.22. The van der Waals surface area contributed by atoms with Crippen molar-refractivity contribution in [2.75, 3.05) is 7.11 Å². The van der Waals surface area contributed by atoms with Crippen LogP contribution in [0, 0.1) is 0 Å². The van der Waals surface area contributed by atoms with Crippen molar-refractivity contribution in [3.05, 3.63) is 64.1 Å². The number of carbonyl (C=O) groups excluding carboxylic acids is 2. The molecule has 0 aromatic heterocycles. The molecule has 0 heterocycles. The van der Waals surface area contributed by atoms with Gasteiger partial charge < -0.3 is 4.74 Å². The van der Waals surface area contributed by atoms with E-state index in [0.29, 0.717) is 24.2 Å². The van der Waals surface area contributed by atoms with Gasteiger partial charge in [0.05, 0.1) is 12.7 Å². The molecule has 2 aromatic carbocycles. The predicted octanol–water partition coefficient (Wildman–Crippen LogP) is 2.73. The van der Waals surface area contributed by atoms with Crippen LogP contribution in [0.25, 0.3) is 0 Å². The van der Waals surface area contributed by atoms with E-state index in [1.807, 2.05) is 30.3 Å². The molecule has 0 unspecified atom stereocenters. The third kappa shape index (κ3) is 6.12. The zero-order chi connectivity index (χ0) is 18.9. The predicted molar refractivity (Wildman–Crippen MR) is 107 cm³/mol. The summed E-state index contributed by atoms with van der Waals surface area (Å²) in [4.78, 5) is 24.1. The minimum Gasteiger partial charge on any atom is -0.496 e. The van der Waals surface area contributed by atoms with Gasteiger partial charge in [-0.1, -0.05) is 46.3 Å². The molecule has 0 saturated heterocycles. The van der Waals surface area contributed by atoms with E-state index in [2.05, 4.69) is 32.1 Å². The van der Waals surface area contributed by atoms with Gasteiger partial charge in [0.1, 0.15) is 5.75 Å². The molecule has 0 bridgehead atoms. The fourth-order valence-electron chi connectivity index (χ4n) is 2.15. The van der Waals surface area contributed by atoms with Crippen LogP contribution < -0.4 is 20.9 Å². The van der Waals surface area contributed by atoms with E-state index in [1.54, 1.807) is 18.2 Å². The van der Waals surface area contributed by atoms with Gasteiger partial charge in [-0.2, -0.15) is 0 Å². The molecular weight excluding hydrogens is 418 g/mol. The zero-order valence-electron chi connectivity index (χ0n) is 14.0. The third-order valence-corrected chi connectivity index (χ3v) is 4.13. The van der Waals surface area contributed by atoms with E-state index in [1.165, 1.54) is 7.11 Å². The van der Waals surface area contributed by atoms with Gasteiger partial charge in [-0.3, -0.25) is 25.8 Å². The molecule has 136 valence electrons. The Bertz CT molecular complexity index is 800. The summed E-state index contributed by atoms with van der Waals surface area (Å²) in [6, 6.07) is 14.7. The second-order valence-corrected chi connectivity index (χ2v) is 6.61. The summed E-state index contributed by atoms with van der Waals surface area (Å²) in [5.41, 5.74) is 6.37. The SMILES string of the molecule is COc1ccc(Br)cc1C(=O)NC(=S)NNC(=O)CCc1ccccc1. The molecule has 0 aliphatic carbocycles. The first-order chi connectivity index (χ1) is 12.5. The quantitative estimate of drug-likeness (QED) is 0.496. The molecule has 0 radical (unpaired) electrons. The van der Waals surface area contributed by atoms with Gasteiger partial charge in [-0.05, 0) is 42.4 Å². The lowest BCUT2D eigenvalue weighted by Gasteiger charge is -2.12. The largest absolute Gasteiger partial charge is 0.496 e. The molecule has 3 N–H and O–H groups in total. The Morgan fingerprint density at radius 3 is 2.54 bits per heavy atom. The maximum atomic E-state index is 12.3. The van der Waals surface area contributed by atoms with E-state index in [-0.39, 0.29) is 11.0 Å². The van der Waals surface area contributed by atoms with Crippen molar-refractivity contribution < 1.29 is 14.3 Å². The summed E-state index contributed by atoms with van der Waals surface area (Å²) >= 11 is 8.33. The smallest absolute Gasteiger partial charge is 0.261 e. The fourth-order valence-corrected chi connectivity index (χ4v) is 2.66. The van der Waals surface area contributed by atoms with Gasteiger partial charge in [-0.25, -0.2) is 0 Å². The minimum absolute atomic E-state index is 0.00918. The number of nitrogens with one attached hydrogen (secondary N) is 3. The maximum absolute atomic E-state index is 12.3. The van der Waals surface area contributed by atoms with Crippen LogP contribution in [0.3, 0.4) is 0 Å². The van der Waals surface area contributed by atoms with E-state index in [0.717, 1.165) is 10.0 Å². The molecule has 0 atom stereocenters. The number of rotatable bonds is 5. The Kier molecular flexibility index (Phi) is 7.55. The molecule has 26 heavy (non-hydrogen) atoms. The number of hydrogen-bond donors (Lipinski definition) is 3. The Balaban J connectivity index is 1.80. The van der Waals surface area contributed by atoms with Crippen molar-refractivity contribution in [3.8, 4) is 5.75 Å². The number of hydrazine groups is 1. The number of halogens is 1. The molecule has 0 aliphatic rings. The number of hydrogen-bond acceptors (Lipinski definition) is 4. The van der Waals surface area contributed by atoms with Crippen LogP contribution in [0.2, 0.25) is 0 Å². The van der Waals surface area contributed by atoms with Crippen LogP contribution in [-0.2, 0) is 11.2 Å². The second kappa shape index (κ2) is 9.88. The summed E-state index contributed by atoms with van der Waals surface area (Å²) in [5.74, 6) is -0.259. The molecule has 0 fully saturated rings. The maximum Gasteiger partial charge on any atom is 0.261 e. The van der Waals surface area contributed by atoms with Gasteiger partial charge in [0.15, 0.2) is 5.11 Å². The number of aryl methyl sites for hydroxylation is 1. The average molecular weight is 436 g/mol. The van der Waals surface area contributed by atoms with Crippen molar-refractivity contribution in [1.29, 1.82) is 0 Å². The van der Waals surface area contributed by atoms with Gasteiger partial charge in [0, 0.05) is 10.9 Å². The second-order valence-electron chi connectivity index (χ2n) is 5.29. The lowest BCUT2D eigenvalue weighted by atomic mass is 10.1. The lowest BCUT2D eigenvalue weighted by Crippen LogP contribution is -2.48. The highest BCUT2D eigenvalue weighted by atomic mass is 79.9.